The molecule has 0 aliphatic carbocycles. The predicted octanol–water partition coefficient (Wildman–Crippen LogP) is 4.27. The maximum Gasteiger partial charge on any atom is 0.0931 e. The first kappa shape index (κ1) is 17.3. The Hall–Kier alpha value is -3.11. The first-order chi connectivity index (χ1) is 13.4. The Labute approximate surface area is 159 Å². The molecule has 0 radical (unpaired) electrons. The lowest BCUT2D eigenvalue weighted by Gasteiger charge is -2.23. The van der Waals surface area contributed by atoms with Crippen LogP contribution in [0.5, 0.6) is 0 Å². The lowest BCUT2D eigenvalue weighted by molar-refractivity contribution is 0.261. The highest BCUT2D eigenvalue weighted by atomic mass is 15.1. The molecule has 0 atom stereocenters. The summed E-state index contributed by atoms with van der Waals surface area (Å²) in [5.74, 6) is 0. The number of aromatic nitrogens is 3. The Bertz CT molecular complexity index is 981. The van der Waals surface area contributed by atoms with E-state index in [1.807, 2.05) is 18.5 Å². The molecule has 0 bridgehead atoms. The van der Waals surface area contributed by atoms with Crippen LogP contribution in [0.3, 0.4) is 0 Å². The van der Waals surface area contributed by atoms with E-state index in [-0.39, 0.29) is 0 Å². The quantitative estimate of drug-likeness (QED) is 0.497. The summed E-state index contributed by atoms with van der Waals surface area (Å²) in [4.78, 5) is 15.6. The Morgan fingerprint density at radius 2 is 1.48 bits per heavy atom. The van der Waals surface area contributed by atoms with Gasteiger partial charge in [-0.1, -0.05) is 42.5 Å². The van der Waals surface area contributed by atoms with Crippen molar-refractivity contribution < 1.29 is 0 Å². The van der Waals surface area contributed by atoms with Crippen LogP contribution in [0.25, 0.3) is 11.0 Å². The van der Waals surface area contributed by atoms with E-state index in [9.17, 15) is 0 Å². The highest BCUT2D eigenvalue weighted by Gasteiger charge is 2.11. The van der Waals surface area contributed by atoms with Crippen LogP contribution in [0.15, 0.2) is 85.5 Å². The molecular formula is C23H22N4. The molecule has 27 heavy (non-hydrogen) atoms. The fourth-order valence-electron chi connectivity index (χ4n) is 3.31. The molecule has 4 heteroatoms. The Morgan fingerprint density at radius 1 is 0.667 bits per heavy atom. The second kappa shape index (κ2) is 8.52. The number of hydrogen-bond acceptors (Lipinski definition) is 4. The molecule has 2 heterocycles. The Balaban J connectivity index is 1.56. The standard InChI is InChI=1S/C23H22N4/c1-2-5-19(6-3-1)11-16-27(17-20-9-12-24-13-10-20)18-21-7-4-8-22-23(21)26-15-14-25-22/h1-10,12-15H,11,16-18H2. The van der Waals surface area contributed by atoms with Crippen molar-refractivity contribution in [2.75, 3.05) is 6.54 Å². The smallest absolute Gasteiger partial charge is 0.0931 e. The predicted molar refractivity (Wildman–Crippen MR) is 108 cm³/mol. The molecule has 2 aromatic heterocycles. The maximum absolute atomic E-state index is 4.56. The monoisotopic (exact) mass is 354 g/mol. The second-order valence-electron chi connectivity index (χ2n) is 6.64. The van der Waals surface area contributed by atoms with Gasteiger partial charge >= 0.3 is 0 Å². The number of rotatable bonds is 7. The normalized spacial score (nSPS) is 11.1. The molecule has 4 nitrogen and oxygen atoms in total. The number of fused-ring (bicyclic) bond motifs is 1. The molecule has 0 saturated heterocycles. The van der Waals surface area contributed by atoms with Crippen molar-refractivity contribution in [3.8, 4) is 0 Å². The summed E-state index contributed by atoms with van der Waals surface area (Å²) in [7, 11) is 0. The zero-order chi connectivity index (χ0) is 18.3. The number of benzene rings is 2. The van der Waals surface area contributed by atoms with Gasteiger partial charge in [0.05, 0.1) is 11.0 Å². The van der Waals surface area contributed by atoms with E-state index in [4.69, 9.17) is 0 Å². The summed E-state index contributed by atoms with van der Waals surface area (Å²) in [6, 6.07) is 21.0. The van der Waals surface area contributed by atoms with Crippen molar-refractivity contribution in [1.29, 1.82) is 0 Å². The molecule has 4 aromatic rings. The maximum atomic E-state index is 4.56. The lowest BCUT2D eigenvalue weighted by atomic mass is 10.1. The fourth-order valence-corrected chi connectivity index (χ4v) is 3.31. The topological polar surface area (TPSA) is 41.9 Å². The largest absolute Gasteiger partial charge is 0.294 e. The molecule has 2 aromatic carbocycles. The summed E-state index contributed by atoms with van der Waals surface area (Å²) in [5.41, 5.74) is 5.77. The van der Waals surface area contributed by atoms with Gasteiger partial charge in [0.25, 0.3) is 0 Å². The molecule has 0 fully saturated rings. The van der Waals surface area contributed by atoms with E-state index in [1.165, 1.54) is 16.7 Å². The summed E-state index contributed by atoms with van der Waals surface area (Å²) >= 11 is 0. The zero-order valence-corrected chi connectivity index (χ0v) is 15.2. The minimum atomic E-state index is 0.838. The third-order valence-electron chi connectivity index (χ3n) is 4.69. The van der Waals surface area contributed by atoms with Gasteiger partial charge in [-0.3, -0.25) is 19.9 Å². The molecular weight excluding hydrogens is 332 g/mol. The molecule has 134 valence electrons. The molecule has 0 saturated carbocycles. The van der Waals surface area contributed by atoms with E-state index in [0.29, 0.717) is 0 Å². The van der Waals surface area contributed by atoms with Crippen LogP contribution in [-0.2, 0) is 19.5 Å². The molecule has 4 rings (SSSR count). The summed E-state index contributed by atoms with van der Waals surface area (Å²) < 4.78 is 0. The average Bonchev–Trinajstić information content (AvgIpc) is 2.74. The average molecular weight is 354 g/mol. The van der Waals surface area contributed by atoms with E-state index in [0.717, 1.165) is 37.1 Å². The Kier molecular flexibility index (Phi) is 5.46. The first-order valence-electron chi connectivity index (χ1n) is 9.22. The van der Waals surface area contributed by atoms with Gasteiger partial charge in [0.15, 0.2) is 0 Å². The SMILES string of the molecule is c1ccc(CCN(Cc2ccncc2)Cc2cccc3nccnc23)cc1. The van der Waals surface area contributed by atoms with E-state index < -0.39 is 0 Å². The first-order valence-corrected chi connectivity index (χ1v) is 9.22. The van der Waals surface area contributed by atoms with Crippen LogP contribution in [0.4, 0.5) is 0 Å². The van der Waals surface area contributed by atoms with Crippen LogP contribution in [0, 0.1) is 0 Å². The molecule has 0 spiro atoms. The zero-order valence-electron chi connectivity index (χ0n) is 15.2. The summed E-state index contributed by atoms with van der Waals surface area (Å²) in [5, 5.41) is 0. The minimum Gasteiger partial charge on any atom is -0.294 e. The van der Waals surface area contributed by atoms with Crippen molar-refractivity contribution in [3.05, 3.63) is 102 Å². The molecule has 0 aliphatic rings. The van der Waals surface area contributed by atoms with E-state index in [2.05, 4.69) is 74.4 Å². The van der Waals surface area contributed by atoms with Crippen LogP contribution < -0.4 is 0 Å². The van der Waals surface area contributed by atoms with Crippen molar-refractivity contribution in [2.24, 2.45) is 0 Å². The number of pyridine rings is 1. The summed E-state index contributed by atoms with van der Waals surface area (Å²) in [6.45, 7) is 2.69. The van der Waals surface area contributed by atoms with Crippen molar-refractivity contribution in [1.82, 2.24) is 19.9 Å². The van der Waals surface area contributed by atoms with Gasteiger partial charge in [-0.25, -0.2) is 0 Å². The van der Waals surface area contributed by atoms with Gasteiger partial charge in [-0.05, 0) is 41.3 Å². The minimum absolute atomic E-state index is 0.838. The van der Waals surface area contributed by atoms with Crippen LogP contribution in [0.1, 0.15) is 16.7 Å². The van der Waals surface area contributed by atoms with Crippen molar-refractivity contribution in [3.63, 3.8) is 0 Å². The van der Waals surface area contributed by atoms with Gasteiger partial charge in [0.1, 0.15) is 0 Å². The fraction of sp³-hybridized carbons (Fsp3) is 0.174. The number of hydrogen-bond donors (Lipinski definition) is 0. The highest BCUT2D eigenvalue weighted by molar-refractivity contribution is 5.77. The van der Waals surface area contributed by atoms with E-state index >= 15 is 0 Å². The summed E-state index contributed by atoms with van der Waals surface area (Å²) in [6.07, 6.45) is 8.24. The van der Waals surface area contributed by atoms with Gasteiger partial charge in [0, 0.05) is 44.4 Å². The second-order valence-corrected chi connectivity index (χ2v) is 6.64. The Morgan fingerprint density at radius 3 is 2.33 bits per heavy atom. The van der Waals surface area contributed by atoms with Crippen LogP contribution >= 0.6 is 0 Å². The van der Waals surface area contributed by atoms with E-state index in [1.54, 1.807) is 12.4 Å². The van der Waals surface area contributed by atoms with Crippen molar-refractivity contribution >= 4 is 11.0 Å². The van der Waals surface area contributed by atoms with Crippen LogP contribution in [-0.4, -0.2) is 26.4 Å². The molecule has 0 unspecified atom stereocenters. The number of para-hydroxylation sites is 1. The van der Waals surface area contributed by atoms with Crippen LogP contribution in [0.2, 0.25) is 0 Å². The molecule has 0 N–H and O–H groups in total. The highest BCUT2D eigenvalue weighted by Crippen LogP contribution is 2.18. The van der Waals surface area contributed by atoms with Gasteiger partial charge in [0.2, 0.25) is 0 Å². The third kappa shape index (κ3) is 4.54. The lowest BCUT2D eigenvalue weighted by Crippen LogP contribution is -2.25. The third-order valence-corrected chi connectivity index (χ3v) is 4.69. The van der Waals surface area contributed by atoms with Gasteiger partial charge in [-0.15, -0.1) is 0 Å². The van der Waals surface area contributed by atoms with Gasteiger partial charge in [-0.2, -0.15) is 0 Å². The molecule has 0 amide bonds. The van der Waals surface area contributed by atoms with Gasteiger partial charge < -0.3 is 0 Å². The van der Waals surface area contributed by atoms with Crippen molar-refractivity contribution in [2.45, 2.75) is 19.5 Å². The number of nitrogens with zero attached hydrogens (tertiary/aromatic N) is 4. The molecule has 0 aliphatic heterocycles.